The molecule has 0 saturated heterocycles. The van der Waals surface area contributed by atoms with Crippen LogP contribution in [0.4, 0.5) is 0 Å². The summed E-state index contributed by atoms with van der Waals surface area (Å²) >= 11 is 5.94. The molecule has 0 aromatic heterocycles. The molecule has 1 heterocycles. The first-order valence-electron chi connectivity index (χ1n) is 8.89. The maximum atomic E-state index is 13.2. The van der Waals surface area contributed by atoms with E-state index in [9.17, 15) is 9.59 Å². The number of amides is 1. The Balaban J connectivity index is 2.25. The largest absolute Gasteiger partial charge is 0.466 e. The molecule has 5 heteroatoms. The highest BCUT2D eigenvalue weighted by Gasteiger charge is 2.35. The van der Waals surface area contributed by atoms with E-state index in [0.717, 1.165) is 18.4 Å². The van der Waals surface area contributed by atoms with Crippen LogP contribution in [0.25, 0.3) is 0 Å². The van der Waals surface area contributed by atoms with Gasteiger partial charge in [-0.3, -0.25) is 9.59 Å². The van der Waals surface area contributed by atoms with Crippen LogP contribution in [0.5, 0.6) is 0 Å². The normalized spacial score (nSPS) is 22.6. The SMILES string of the molecule is CCOC(=O)[C@@H]1/C=C/CCCN(Cc2ccccc2)C(=O)[C@@H]1CCCl. The summed E-state index contributed by atoms with van der Waals surface area (Å²) in [7, 11) is 0. The molecule has 1 aromatic carbocycles. The van der Waals surface area contributed by atoms with Crippen molar-refractivity contribution < 1.29 is 14.3 Å². The molecule has 1 aliphatic rings. The van der Waals surface area contributed by atoms with Crippen molar-refractivity contribution in [2.75, 3.05) is 19.0 Å². The van der Waals surface area contributed by atoms with Crippen LogP contribution < -0.4 is 0 Å². The molecule has 1 aliphatic heterocycles. The van der Waals surface area contributed by atoms with E-state index in [1.807, 2.05) is 47.4 Å². The third-order valence-corrected chi connectivity index (χ3v) is 4.62. The Morgan fingerprint density at radius 3 is 2.76 bits per heavy atom. The molecule has 136 valence electrons. The molecule has 2 atom stereocenters. The first-order valence-corrected chi connectivity index (χ1v) is 9.42. The number of carbonyl (C=O) groups excluding carboxylic acids is 2. The van der Waals surface area contributed by atoms with Gasteiger partial charge in [0.05, 0.1) is 18.4 Å². The van der Waals surface area contributed by atoms with Crippen molar-refractivity contribution in [1.82, 2.24) is 4.90 Å². The van der Waals surface area contributed by atoms with Gasteiger partial charge in [-0.25, -0.2) is 0 Å². The van der Waals surface area contributed by atoms with Crippen LogP contribution in [0, 0.1) is 11.8 Å². The number of carbonyl (C=O) groups is 2. The zero-order chi connectivity index (χ0) is 18.1. The summed E-state index contributed by atoms with van der Waals surface area (Å²) in [5, 5.41) is 0. The molecule has 0 aliphatic carbocycles. The van der Waals surface area contributed by atoms with Gasteiger partial charge in [0.25, 0.3) is 0 Å². The Morgan fingerprint density at radius 1 is 1.32 bits per heavy atom. The number of nitrogens with zero attached hydrogens (tertiary/aromatic N) is 1. The van der Waals surface area contributed by atoms with Crippen LogP contribution in [0.2, 0.25) is 0 Å². The van der Waals surface area contributed by atoms with Crippen LogP contribution >= 0.6 is 11.6 Å². The molecular formula is C20H26ClNO3. The smallest absolute Gasteiger partial charge is 0.313 e. The van der Waals surface area contributed by atoms with Gasteiger partial charge in [-0.15, -0.1) is 11.6 Å². The fourth-order valence-electron chi connectivity index (χ4n) is 3.14. The van der Waals surface area contributed by atoms with Gasteiger partial charge in [0.15, 0.2) is 0 Å². The van der Waals surface area contributed by atoms with E-state index < -0.39 is 11.8 Å². The predicted molar refractivity (Wildman–Crippen MR) is 99.2 cm³/mol. The zero-order valence-electron chi connectivity index (χ0n) is 14.7. The Bertz CT molecular complexity index is 588. The Kier molecular flexibility index (Phi) is 7.99. The summed E-state index contributed by atoms with van der Waals surface area (Å²) in [4.78, 5) is 27.4. The van der Waals surface area contributed by atoms with E-state index in [1.165, 1.54) is 0 Å². The van der Waals surface area contributed by atoms with E-state index in [-0.39, 0.29) is 11.9 Å². The van der Waals surface area contributed by atoms with Crippen LogP contribution in [0.3, 0.4) is 0 Å². The van der Waals surface area contributed by atoms with Crippen LogP contribution in [-0.4, -0.2) is 35.8 Å². The standard InChI is InChI=1S/C20H26ClNO3/c1-2-25-20(24)18-11-7-4-8-14-22(19(23)17(18)12-13-21)15-16-9-5-3-6-10-16/h3,5-7,9-11,17-18H,2,4,8,12-15H2,1H3/b11-7+/t17-,18-/m1/s1. The molecule has 4 nitrogen and oxygen atoms in total. The fraction of sp³-hybridized carbons (Fsp3) is 0.500. The summed E-state index contributed by atoms with van der Waals surface area (Å²) in [6, 6.07) is 9.92. The Morgan fingerprint density at radius 2 is 2.08 bits per heavy atom. The van der Waals surface area contributed by atoms with Crippen molar-refractivity contribution in [3.05, 3.63) is 48.0 Å². The van der Waals surface area contributed by atoms with Crippen molar-refractivity contribution in [2.45, 2.75) is 32.7 Å². The van der Waals surface area contributed by atoms with Crippen LogP contribution in [-0.2, 0) is 20.9 Å². The quantitative estimate of drug-likeness (QED) is 0.439. The van der Waals surface area contributed by atoms with Gasteiger partial charge >= 0.3 is 5.97 Å². The lowest BCUT2D eigenvalue weighted by Crippen LogP contribution is -2.41. The molecule has 0 saturated carbocycles. The van der Waals surface area contributed by atoms with Gasteiger partial charge in [-0.2, -0.15) is 0 Å². The van der Waals surface area contributed by atoms with Crippen molar-refractivity contribution in [3.63, 3.8) is 0 Å². The number of esters is 1. The summed E-state index contributed by atoms with van der Waals surface area (Å²) in [5.74, 6) is -1.07. The van der Waals surface area contributed by atoms with Gasteiger partial charge in [0.1, 0.15) is 0 Å². The number of ether oxygens (including phenoxy) is 1. The molecular weight excluding hydrogens is 338 g/mol. The van der Waals surface area contributed by atoms with Gasteiger partial charge in [0.2, 0.25) is 5.91 Å². The van der Waals surface area contributed by atoms with Crippen LogP contribution in [0.1, 0.15) is 31.7 Å². The highest BCUT2D eigenvalue weighted by molar-refractivity contribution is 6.18. The summed E-state index contributed by atoms with van der Waals surface area (Å²) in [6.07, 6.45) is 5.99. The summed E-state index contributed by atoms with van der Waals surface area (Å²) < 4.78 is 5.19. The second-order valence-electron chi connectivity index (χ2n) is 6.18. The number of hydrogen-bond donors (Lipinski definition) is 0. The number of alkyl halides is 1. The second kappa shape index (κ2) is 10.2. The zero-order valence-corrected chi connectivity index (χ0v) is 15.5. The van der Waals surface area contributed by atoms with Gasteiger partial charge < -0.3 is 9.64 Å². The second-order valence-corrected chi connectivity index (χ2v) is 6.56. The number of allylic oxidation sites excluding steroid dienone is 1. The highest BCUT2D eigenvalue weighted by Crippen LogP contribution is 2.26. The van der Waals surface area contributed by atoms with Crippen molar-refractivity contribution in [1.29, 1.82) is 0 Å². The molecule has 0 spiro atoms. The van der Waals surface area contributed by atoms with Gasteiger partial charge in [0, 0.05) is 19.0 Å². The highest BCUT2D eigenvalue weighted by atomic mass is 35.5. The molecule has 0 unspecified atom stereocenters. The average Bonchev–Trinajstić information content (AvgIpc) is 2.68. The molecule has 0 N–H and O–H groups in total. The summed E-state index contributed by atoms with van der Waals surface area (Å²) in [6.45, 7) is 3.30. The Hall–Kier alpha value is -1.81. The molecule has 1 amide bonds. The van der Waals surface area contributed by atoms with Crippen molar-refractivity contribution in [2.24, 2.45) is 11.8 Å². The van der Waals surface area contributed by atoms with Crippen LogP contribution in [0.15, 0.2) is 42.5 Å². The van der Waals surface area contributed by atoms with E-state index in [2.05, 4.69) is 0 Å². The minimum absolute atomic E-state index is 0.0193. The number of benzene rings is 1. The monoisotopic (exact) mass is 363 g/mol. The van der Waals surface area contributed by atoms with E-state index in [0.29, 0.717) is 32.0 Å². The molecule has 0 radical (unpaired) electrons. The maximum absolute atomic E-state index is 13.2. The average molecular weight is 364 g/mol. The van der Waals surface area contributed by atoms with Gasteiger partial charge in [-0.05, 0) is 31.7 Å². The molecule has 1 aromatic rings. The van der Waals surface area contributed by atoms with E-state index >= 15 is 0 Å². The molecule has 25 heavy (non-hydrogen) atoms. The minimum Gasteiger partial charge on any atom is -0.466 e. The number of halogens is 1. The van der Waals surface area contributed by atoms with Crippen molar-refractivity contribution in [3.8, 4) is 0 Å². The summed E-state index contributed by atoms with van der Waals surface area (Å²) in [5.41, 5.74) is 1.08. The molecule has 0 bridgehead atoms. The first-order chi connectivity index (χ1) is 12.2. The lowest BCUT2D eigenvalue weighted by molar-refractivity contribution is -0.153. The van der Waals surface area contributed by atoms with Crippen molar-refractivity contribution >= 4 is 23.5 Å². The van der Waals surface area contributed by atoms with E-state index in [4.69, 9.17) is 16.3 Å². The minimum atomic E-state index is -0.567. The topological polar surface area (TPSA) is 46.6 Å². The fourth-order valence-corrected chi connectivity index (χ4v) is 3.37. The molecule has 2 rings (SSSR count). The maximum Gasteiger partial charge on any atom is 0.313 e. The lowest BCUT2D eigenvalue weighted by atomic mass is 9.88. The number of hydrogen-bond acceptors (Lipinski definition) is 3. The first kappa shape index (κ1) is 19.5. The number of rotatable bonds is 6. The Labute approximate surface area is 154 Å². The predicted octanol–water partition coefficient (Wildman–Crippen LogP) is 3.79. The van der Waals surface area contributed by atoms with E-state index in [1.54, 1.807) is 6.92 Å². The third kappa shape index (κ3) is 5.60. The lowest BCUT2D eigenvalue weighted by Gasteiger charge is -2.29. The third-order valence-electron chi connectivity index (χ3n) is 4.40. The van der Waals surface area contributed by atoms with Gasteiger partial charge in [-0.1, -0.05) is 42.5 Å². The molecule has 0 fully saturated rings.